The maximum atomic E-state index is 15.6. The van der Waals surface area contributed by atoms with Crippen LogP contribution in [0.2, 0.25) is 0 Å². The summed E-state index contributed by atoms with van der Waals surface area (Å²) in [6, 6.07) is 101. The minimum atomic E-state index is -0.520. The number of nitrogens with zero attached hydrogens (tertiary/aromatic N) is 2. The number of rotatable bonds is 12. The minimum Gasteiger partial charge on any atom is -0.461 e. The maximum Gasteiger partial charge on any atom is 0.355 e. The topological polar surface area (TPSA) is 172 Å². The third kappa shape index (κ3) is 12.0. The van der Waals surface area contributed by atoms with Crippen molar-refractivity contribution in [3.05, 3.63) is 461 Å². The van der Waals surface area contributed by atoms with Gasteiger partial charge < -0.3 is 39.4 Å². The fourth-order valence-electron chi connectivity index (χ4n) is 17.9. The van der Waals surface area contributed by atoms with Gasteiger partial charge in [-0.25, -0.2) is 19.6 Å². The van der Waals surface area contributed by atoms with Crippen LogP contribution in [0.5, 0.6) is 0 Å². The van der Waals surface area contributed by atoms with Gasteiger partial charge in [0.2, 0.25) is 0 Å². The summed E-state index contributed by atoms with van der Waals surface area (Å²) in [5, 5.41) is 3.51. The van der Waals surface area contributed by atoms with Crippen LogP contribution in [0.4, 0.5) is 0 Å². The molecule has 10 heterocycles. The van der Waals surface area contributed by atoms with Gasteiger partial charge in [-0.3, -0.25) is 0 Å². The van der Waals surface area contributed by atoms with E-state index >= 15 is 9.59 Å². The zero-order chi connectivity index (χ0) is 76.3. The van der Waals surface area contributed by atoms with Gasteiger partial charge in [-0.1, -0.05) is 243 Å². The Morgan fingerprint density at radius 2 is 0.614 bits per heavy atom. The van der Waals surface area contributed by atoms with Crippen molar-refractivity contribution in [2.24, 2.45) is 9.98 Å². The molecule has 2 aliphatic carbocycles. The first kappa shape index (κ1) is 68.5. The summed E-state index contributed by atoms with van der Waals surface area (Å²) in [5.74, 6) is 5.67. The average Bonchev–Trinajstić information content (AvgIpc) is 1.56. The molecule has 0 saturated carbocycles. The standard InChI is InChI=1S/C102H74N8O4/c1-3-113-101(111)99-97-71-59-69(87(61-29-13-5-14-30-61)73-45-49-77(103-73)91(65-37-21-9-22-38-65)81-53-55-83(107-81)93(67-41-25-11-26-42-67)79-51-47-75(105-79)89(71)63-33-17-7-18-34-63)95(97)85(109-99)57-58-86-96-70-60-72(98(96)100(110-86)102(112)114-4-2)90(64-35-19-8-20-36-64)76-48-52-80(106-76)94(68-43-27-12-28-44-68)84-56-54-82(108-84)92(66-39-23-10-24-40-66)78-50-46-74(104-78)88(70)62-31-15-6-16-32-62/h5-56,69-70,103-106,109-110H,3-4,59-60H2,1-2H3/b87-73-,88-74-,89-71+,90-72+,91-77-,92-78-,93-83-,94-84-. The number of hydrogen-bond donors (Lipinski definition) is 6. The van der Waals surface area contributed by atoms with Crippen molar-refractivity contribution >= 4 is 79.1 Å². The molecule has 0 spiro atoms. The van der Waals surface area contributed by atoms with E-state index in [1.165, 1.54) is 0 Å². The molecule has 14 aromatic rings. The number of esters is 2. The highest BCUT2D eigenvalue weighted by molar-refractivity contribution is 6.31. The molecule has 2 unspecified atom stereocenters. The summed E-state index contributed by atoms with van der Waals surface area (Å²) in [4.78, 5) is 65.9. The number of fused-ring (bicyclic) bond motifs is 20. The Morgan fingerprint density at radius 1 is 0.325 bits per heavy atom. The molecular formula is C102H74N8O4. The van der Waals surface area contributed by atoms with Crippen LogP contribution in [0.25, 0.3) is 55.7 Å². The SMILES string of the molecule is CCOC(=O)c1[nH]c(C#Cc2[nH]c(C(=O)OCC)c3c2C2C/C3=C(/c3ccccc3)c3ccc([nH]3)/C(c3ccccc3)=C3/C=CC(=N3)/C(c3ccccc3)=c3/cc/c([nH]3)=C/2c2ccccc2)c2c1/C1=C(\c3ccccc3)c3ccc([nH]3)/C(c3ccccc3)=C3/C=CC(=N3)/C(c3ccccc3)=c3/cc/c([nH]3)=C(\c3ccccc3)C2C1. The smallest absolute Gasteiger partial charge is 0.355 e. The van der Waals surface area contributed by atoms with E-state index in [1.807, 2.05) is 62.4 Å². The molecule has 12 nitrogen and oxygen atoms in total. The first-order valence-electron chi connectivity index (χ1n) is 38.9. The van der Waals surface area contributed by atoms with Crippen LogP contribution in [0.15, 0.2) is 337 Å². The van der Waals surface area contributed by atoms with Crippen molar-refractivity contribution < 1.29 is 19.1 Å². The zero-order valence-corrected chi connectivity index (χ0v) is 62.5. The molecule has 114 heavy (non-hydrogen) atoms. The van der Waals surface area contributed by atoms with Crippen molar-refractivity contribution in [2.45, 2.75) is 38.5 Å². The lowest BCUT2D eigenvalue weighted by molar-refractivity contribution is 0.0510. The lowest BCUT2D eigenvalue weighted by Gasteiger charge is -2.18. The monoisotopic (exact) mass is 1470 g/mol. The molecule has 2 atom stereocenters. The molecule has 8 aromatic carbocycles. The van der Waals surface area contributed by atoms with E-state index in [1.54, 1.807) is 0 Å². The Bertz CT molecular complexity index is 6450. The van der Waals surface area contributed by atoms with Crippen LogP contribution in [-0.2, 0) is 9.47 Å². The van der Waals surface area contributed by atoms with E-state index in [9.17, 15) is 0 Å². The summed E-state index contributed by atoms with van der Waals surface area (Å²) in [7, 11) is 0. The van der Waals surface area contributed by atoms with Crippen LogP contribution in [-0.4, -0.2) is 66.5 Å². The first-order valence-corrected chi connectivity index (χ1v) is 38.9. The van der Waals surface area contributed by atoms with Gasteiger partial charge in [-0.15, -0.1) is 0 Å². The Hall–Kier alpha value is -14.8. The summed E-state index contributed by atoms with van der Waals surface area (Å²) >= 11 is 0. The van der Waals surface area contributed by atoms with Crippen molar-refractivity contribution in [2.75, 3.05) is 13.2 Å². The van der Waals surface area contributed by atoms with E-state index in [-0.39, 0.29) is 24.6 Å². The highest BCUT2D eigenvalue weighted by atomic mass is 16.5. The molecule has 6 aliphatic rings. The molecule has 20 rings (SSSR count). The highest BCUT2D eigenvalue weighted by Crippen LogP contribution is 2.56. The quantitative estimate of drug-likeness (QED) is 0.0528. The Morgan fingerprint density at radius 3 is 0.939 bits per heavy atom. The molecule has 6 aromatic heterocycles. The largest absolute Gasteiger partial charge is 0.461 e. The lowest BCUT2D eigenvalue weighted by atomic mass is 9.86. The van der Waals surface area contributed by atoms with Gasteiger partial charge >= 0.3 is 11.9 Å². The van der Waals surface area contributed by atoms with E-state index in [0.29, 0.717) is 35.4 Å². The number of aromatic amines is 6. The Kier molecular flexibility index (Phi) is 17.4. The van der Waals surface area contributed by atoms with Gasteiger partial charge in [-0.05, 0) is 178 Å². The fourth-order valence-corrected chi connectivity index (χ4v) is 17.9. The molecule has 0 saturated heterocycles. The van der Waals surface area contributed by atoms with Crippen LogP contribution in [0.1, 0.15) is 160 Å². The number of ether oxygens (including phenoxy) is 2. The van der Waals surface area contributed by atoms with Gasteiger partial charge in [0, 0.05) is 112 Å². The van der Waals surface area contributed by atoms with E-state index in [0.717, 1.165) is 178 Å². The summed E-state index contributed by atoms with van der Waals surface area (Å²) in [5.41, 5.74) is 28.5. The van der Waals surface area contributed by atoms with Gasteiger partial charge in [0.05, 0.1) is 47.4 Å². The Labute approximate surface area is 658 Å². The van der Waals surface area contributed by atoms with Gasteiger partial charge in [-0.2, -0.15) is 0 Å². The van der Waals surface area contributed by atoms with Crippen LogP contribution in [0, 0.1) is 11.8 Å². The maximum absolute atomic E-state index is 15.6. The van der Waals surface area contributed by atoms with Gasteiger partial charge in [0.1, 0.15) is 11.4 Å². The van der Waals surface area contributed by atoms with E-state index in [2.05, 4.69) is 309 Å². The second-order valence-electron chi connectivity index (χ2n) is 29.1. The first-order chi connectivity index (χ1) is 56.3. The molecule has 546 valence electrons. The number of benzene rings is 8. The number of carbonyl (C=O) groups is 2. The third-order valence-corrected chi connectivity index (χ3v) is 22.6. The summed E-state index contributed by atoms with van der Waals surface area (Å²) < 4.78 is 12.4. The molecule has 0 amide bonds. The average molecular weight is 1480 g/mol. The highest BCUT2D eigenvalue weighted by Gasteiger charge is 2.43. The Balaban J connectivity index is 0.906. The molecular weight excluding hydrogens is 1400 g/mol. The van der Waals surface area contributed by atoms with Crippen LogP contribution < -0.4 is 21.4 Å². The second-order valence-corrected chi connectivity index (χ2v) is 29.1. The van der Waals surface area contributed by atoms with Crippen molar-refractivity contribution in [3.8, 4) is 11.8 Å². The number of nitrogens with one attached hydrogen (secondary N) is 6. The number of allylic oxidation sites excluding steroid dienone is 6. The van der Waals surface area contributed by atoms with Crippen LogP contribution >= 0.6 is 0 Å². The van der Waals surface area contributed by atoms with Crippen molar-refractivity contribution in [1.29, 1.82) is 0 Å². The van der Waals surface area contributed by atoms with Gasteiger partial charge in [0.15, 0.2) is 0 Å². The molecule has 0 radical (unpaired) electrons. The van der Waals surface area contributed by atoms with E-state index < -0.39 is 23.8 Å². The molecule has 12 heteroatoms. The van der Waals surface area contributed by atoms with E-state index in [4.69, 9.17) is 19.5 Å². The molecule has 4 aliphatic heterocycles. The second kappa shape index (κ2) is 28.9. The number of aliphatic imine (C=N–C) groups is 2. The number of carbonyl (C=O) groups excluding carboxylic acids is 2. The zero-order valence-electron chi connectivity index (χ0n) is 62.5. The number of hydrogen-bond acceptors (Lipinski definition) is 6. The normalized spacial score (nSPS) is 20.4. The van der Waals surface area contributed by atoms with Crippen molar-refractivity contribution in [1.82, 2.24) is 29.9 Å². The minimum absolute atomic E-state index is 0.118. The number of aromatic nitrogens is 6. The molecule has 0 fully saturated rings. The predicted molar refractivity (Wildman–Crippen MR) is 454 cm³/mol. The van der Waals surface area contributed by atoms with Crippen LogP contribution in [0.3, 0.4) is 0 Å². The number of H-pyrrole nitrogens is 6. The molecule has 16 bridgehead atoms. The summed E-state index contributed by atoms with van der Waals surface area (Å²) in [6.45, 7) is 3.91. The van der Waals surface area contributed by atoms with Gasteiger partial charge in [0.25, 0.3) is 0 Å². The summed E-state index contributed by atoms with van der Waals surface area (Å²) in [6.07, 6.45) is 9.36. The molecule has 6 N–H and O–H groups in total. The third-order valence-electron chi connectivity index (χ3n) is 22.6. The van der Waals surface area contributed by atoms with Crippen molar-refractivity contribution in [3.63, 3.8) is 0 Å². The fraction of sp³-hybridized carbons (Fsp3) is 0.0784. The lowest BCUT2D eigenvalue weighted by Crippen LogP contribution is -2.21. The predicted octanol–water partition coefficient (Wildman–Crippen LogP) is 18.1.